The first kappa shape index (κ1) is 17.4. The molecule has 0 bridgehead atoms. The van der Waals surface area contributed by atoms with Gasteiger partial charge in [0.05, 0.1) is 23.6 Å². The lowest BCUT2D eigenvalue weighted by molar-refractivity contribution is 0.0379. The number of carbonyl (C=O) groups is 2. The van der Waals surface area contributed by atoms with Crippen LogP contribution in [-0.4, -0.2) is 28.8 Å². The third-order valence-corrected chi connectivity index (χ3v) is 2.50. The molecule has 1 heterocycles. The van der Waals surface area contributed by atoms with E-state index in [1.54, 1.807) is 34.6 Å². The van der Waals surface area contributed by atoms with Gasteiger partial charge in [0.15, 0.2) is 0 Å². The van der Waals surface area contributed by atoms with E-state index < -0.39 is 17.7 Å². The minimum Gasteiger partial charge on any atom is -0.459 e. The molecule has 0 aliphatic heterocycles. The Labute approximate surface area is 132 Å². The first-order valence-electron chi connectivity index (χ1n) is 6.45. The van der Waals surface area contributed by atoms with Crippen LogP contribution in [0.4, 0.5) is 10.5 Å². The predicted molar refractivity (Wildman–Crippen MR) is 82.3 cm³/mol. The van der Waals surface area contributed by atoms with Crippen molar-refractivity contribution in [2.75, 3.05) is 5.32 Å². The van der Waals surface area contributed by atoms with Gasteiger partial charge in [-0.25, -0.2) is 14.6 Å². The van der Waals surface area contributed by atoms with E-state index in [0.29, 0.717) is 4.60 Å². The van der Waals surface area contributed by atoms with Crippen LogP contribution in [0.1, 0.15) is 45.0 Å². The topological polar surface area (TPSA) is 77.5 Å². The van der Waals surface area contributed by atoms with Crippen LogP contribution in [0.5, 0.6) is 0 Å². The van der Waals surface area contributed by atoms with E-state index in [1.807, 2.05) is 0 Å². The van der Waals surface area contributed by atoms with Gasteiger partial charge in [-0.05, 0) is 56.6 Å². The Morgan fingerprint density at radius 2 is 1.95 bits per heavy atom. The van der Waals surface area contributed by atoms with Crippen molar-refractivity contribution in [3.63, 3.8) is 0 Å². The summed E-state index contributed by atoms with van der Waals surface area (Å²) in [5, 5.41) is 2.50. The fourth-order valence-electron chi connectivity index (χ4n) is 1.39. The Hall–Kier alpha value is -1.63. The van der Waals surface area contributed by atoms with Crippen LogP contribution in [0.2, 0.25) is 0 Å². The number of carbonyl (C=O) groups excluding carboxylic acids is 2. The fraction of sp³-hybridized carbons (Fsp3) is 0.500. The van der Waals surface area contributed by atoms with Crippen molar-refractivity contribution < 1.29 is 19.1 Å². The zero-order valence-electron chi connectivity index (χ0n) is 12.7. The molecule has 0 atom stereocenters. The average molecular weight is 359 g/mol. The van der Waals surface area contributed by atoms with E-state index in [4.69, 9.17) is 9.47 Å². The van der Waals surface area contributed by atoms with Crippen LogP contribution in [0, 0.1) is 0 Å². The lowest BCUT2D eigenvalue weighted by Gasteiger charge is -2.20. The standard InChI is InChI=1S/C14H19BrN2O4/c1-8(2)20-12(18)9-6-11(15)16-7-10(9)17-13(19)21-14(3,4)5/h6-8H,1-5H3,(H,17,19). The number of amides is 1. The molecule has 0 aliphatic rings. The molecule has 21 heavy (non-hydrogen) atoms. The maximum atomic E-state index is 12.0. The summed E-state index contributed by atoms with van der Waals surface area (Å²) in [7, 11) is 0. The fourth-order valence-corrected chi connectivity index (χ4v) is 1.72. The summed E-state index contributed by atoms with van der Waals surface area (Å²) in [6.07, 6.45) is 0.439. The quantitative estimate of drug-likeness (QED) is 0.657. The van der Waals surface area contributed by atoms with Crippen LogP contribution < -0.4 is 5.32 Å². The molecular formula is C14H19BrN2O4. The number of pyridine rings is 1. The van der Waals surface area contributed by atoms with E-state index in [-0.39, 0.29) is 17.4 Å². The molecule has 0 saturated carbocycles. The Morgan fingerprint density at radius 3 is 2.48 bits per heavy atom. The molecule has 1 aromatic heterocycles. The molecule has 0 aromatic carbocycles. The monoisotopic (exact) mass is 358 g/mol. The number of esters is 1. The lowest BCUT2D eigenvalue weighted by Crippen LogP contribution is -2.28. The summed E-state index contributed by atoms with van der Waals surface area (Å²) in [6.45, 7) is 8.74. The molecule has 1 N–H and O–H groups in total. The molecule has 0 radical (unpaired) electrons. The maximum Gasteiger partial charge on any atom is 0.412 e. The second-order valence-electron chi connectivity index (χ2n) is 5.63. The summed E-state index contributed by atoms with van der Waals surface area (Å²) in [5.41, 5.74) is -0.194. The van der Waals surface area contributed by atoms with Crippen LogP contribution in [0.15, 0.2) is 16.9 Å². The molecule has 0 saturated heterocycles. The molecule has 0 aliphatic carbocycles. The van der Waals surface area contributed by atoms with E-state index >= 15 is 0 Å². The van der Waals surface area contributed by atoms with Gasteiger partial charge < -0.3 is 9.47 Å². The highest BCUT2D eigenvalue weighted by molar-refractivity contribution is 9.10. The van der Waals surface area contributed by atoms with Gasteiger partial charge in [0.2, 0.25) is 0 Å². The highest BCUT2D eigenvalue weighted by atomic mass is 79.9. The van der Waals surface area contributed by atoms with Crippen LogP contribution in [0.3, 0.4) is 0 Å². The summed E-state index contributed by atoms with van der Waals surface area (Å²) in [4.78, 5) is 27.8. The van der Waals surface area contributed by atoms with Gasteiger partial charge in [0, 0.05) is 0 Å². The van der Waals surface area contributed by atoms with Crippen molar-refractivity contribution in [1.29, 1.82) is 0 Å². The molecule has 1 amide bonds. The van der Waals surface area contributed by atoms with Gasteiger partial charge in [-0.15, -0.1) is 0 Å². The van der Waals surface area contributed by atoms with Crippen LogP contribution >= 0.6 is 15.9 Å². The first-order chi connectivity index (χ1) is 9.58. The van der Waals surface area contributed by atoms with Gasteiger partial charge in [-0.3, -0.25) is 5.32 Å². The molecule has 7 heteroatoms. The molecular weight excluding hydrogens is 340 g/mol. The number of hydrogen-bond acceptors (Lipinski definition) is 5. The largest absolute Gasteiger partial charge is 0.459 e. The number of nitrogens with zero attached hydrogens (tertiary/aromatic N) is 1. The van der Waals surface area contributed by atoms with Crippen molar-refractivity contribution in [3.05, 3.63) is 22.4 Å². The number of aromatic nitrogens is 1. The van der Waals surface area contributed by atoms with Crippen molar-refractivity contribution in [2.24, 2.45) is 0 Å². The van der Waals surface area contributed by atoms with E-state index in [9.17, 15) is 9.59 Å². The van der Waals surface area contributed by atoms with E-state index in [0.717, 1.165) is 0 Å². The van der Waals surface area contributed by atoms with Crippen LogP contribution in [0.25, 0.3) is 0 Å². The Morgan fingerprint density at radius 1 is 1.33 bits per heavy atom. The van der Waals surface area contributed by atoms with Crippen LogP contribution in [-0.2, 0) is 9.47 Å². The third-order valence-electron chi connectivity index (χ3n) is 2.07. The smallest absolute Gasteiger partial charge is 0.412 e. The van der Waals surface area contributed by atoms with Crippen molar-refractivity contribution in [3.8, 4) is 0 Å². The highest BCUT2D eigenvalue weighted by Gasteiger charge is 2.20. The number of rotatable bonds is 3. The van der Waals surface area contributed by atoms with Gasteiger partial charge >= 0.3 is 12.1 Å². The Bertz CT molecular complexity index is 538. The minimum atomic E-state index is -0.662. The molecule has 0 unspecified atom stereocenters. The second-order valence-corrected chi connectivity index (χ2v) is 6.45. The lowest BCUT2D eigenvalue weighted by atomic mass is 10.2. The number of ether oxygens (including phenoxy) is 2. The maximum absolute atomic E-state index is 12.0. The molecule has 1 aromatic rings. The number of anilines is 1. The zero-order valence-corrected chi connectivity index (χ0v) is 14.3. The third kappa shape index (κ3) is 6.12. The first-order valence-corrected chi connectivity index (χ1v) is 7.24. The SMILES string of the molecule is CC(C)OC(=O)c1cc(Br)ncc1NC(=O)OC(C)(C)C. The summed E-state index contributed by atoms with van der Waals surface area (Å²) < 4.78 is 10.7. The predicted octanol–water partition coefficient (Wildman–Crippen LogP) is 3.76. The van der Waals surface area contributed by atoms with E-state index in [2.05, 4.69) is 26.2 Å². The number of nitrogens with one attached hydrogen (secondary N) is 1. The van der Waals surface area contributed by atoms with Gasteiger partial charge in [-0.2, -0.15) is 0 Å². The zero-order chi connectivity index (χ0) is 16.2. The van der Waals surface area contributed by atoms with Gasteiger partial charge in [-0.1, -0.05) is 0 Å². The van der Waals surface area contributed by atoms with Crippen molar-refractivity contribution >= 4 is 33.7 Å². The normalized spacial score (nSPS) is 11.2. The molecule has 0 spiro atoms. The van der Waals surface area contributed by atoms with Gasteiger partial charge in [0.25, 0.3) is 0 Å². The Balaban J connectivity index is 2.97. The highest BCUT2D eigenvalue weighted by Crippen LogP contribution is 2.21. The van der Waals surface area contributed by atoms with Gasteiger partial charge in [0.1, 0.15) is 10.2 Å². The van der Waals surface area contributed by atoms with E-state index in [1.165, 1.54) is 12.3 Å². The number of halogens is 1. The summed E-state index contributed by atoms with van der Waals surface area (Å²) >= 11 is 3.18. The molecule has 116 valence electrons. The van der Waals surface area contributed by atoms with Crippen molar-refractivity contribution in [1.82, 2.24) is 4.98 Å². The average Bonchev–Trinajstić information content (AvgIpc) is 2.27. The molecule has 0 fully saturated rings. The minimum absolute atomic E-state index is 0.205. The summed E-state index contributed by atoms with van der Waals surface area (Å²) in [5.74, 6) is -0.542. The Kier molecular flexibility index (Phi) is 5.71. The summed E-state index contributed by atoms with van der Waals surface area (Å²) in [6, 6.07) is 1.48. The number of hydrogen-bond donors (Lipinski definition) is 1. The second kappa shape index (κ2) is 6.89. The molecule has 1 rings (SSSR count). The van der Waals surface area contributed by atoms with Crippen molar-refractivity contribution in [2.45, 2.75) is 46.3 Å². The molecule has 6 nitrogen and oxygen atoms in total.